The number of phenolic OH excluding ortho intramolecular Hbond substituents is 1. The average Bonchev–Trinajstić information content (AvgIpc) is 3.04. The summed E-state index contributed by atoms with van der Waals surface area (Å²) < 4.78 is 5.02. The largest absolute Gasteiger partial charge is 0.505 e. The summed E-state index contributed by atoms with van der Waals surface area (Å²) in [6, 6.07) is 11.3. The van der Waals surface area contributed by atoms with E-state index in [1.54, 1.807) is 6.92 Å². The molecule has 0 atom stereocenters. The van der Waals surface area contributed by atoms with E-state index >= 15 is 0 Å². The molecule has 0 aliphatic rings. The molecular formula is C21H25N3O3. The number of rotatable bonds is 5. The van der Waals surface area contributed by atoms with E-state index in [1.165, 1.54) is 4.80 Å². The molecule has 0 spiro atoms. The van der Waals surface area contributed by atoms with Crippen LogP contribution in [0.3, 0.4) is 0 Å². The third-order valence-electron chi connectivity index (χ3n) is 4.38. The molecule has 0 fully saturated rings. The lowest BCUT2D eigenvalue weighted by Crippen LogP contribution is -2.14. The van der Waals surface area contributed by atoms with Gasteiger partial charge in [0.2, 0.25) is 0 Å². The van der Waals surface area contributed by atoms with E-state index in [9.17, 15) is 9.90 Å². The SMILES string of the molecule is CCOC(=O)CCc1cc(-n2nc3ccccc3n2)c(O)c(C(C)(C)C)c1. The van der Waals surface area contributed by atoms with Crippen molar-refractivity contribution in [2.45, 2.75) is 46.0 Å². The summed E-state index contributed by atoms with van der Waals surface area (Å²) in [5, 5.41) is 19.9. The van der Waals surface area contributed by atoms with Crippen molar-refractivity contribution in [3.8, 4) is 11.4 Å². The number of esters is 1. The zero-order valence-electron chi connectivity index (χ0n) is 16.2. The maximum atomic E-state index is 11.7. The van der Waals surface area contributed by atoms with Crippen LogP contribution in [0.4, 0.5) is 0 Å². The number of aryl methyl sites for hydroxylation is 1. The zero-order valence-corrected chi connectivity index (χ0v) is 16.2. The average molecular weight is 367 g/mol. The Morgan fingerprint density at radius 1 is 1.15 bits per heavy atom. The first kappa shape index (κ1) is 18.9. The number of nitrogens with zero attached hydrogens (tertiary/aromatic N) is 3. The maximum Gasteiger partial charge on any atom is 0.306 e. The van der Waals surface area contributed by atoms with Crippen LogP contribution in [-0.2, 0) is 21.4 Å². The van der Waals surface area contributed by atoms with E-state index in [4.69, 9.17) is 4.74 Å². The zero-order chi connectivity index (χ0) is 19.6. The van der Waals surface area contributed by atoms with Gasteiger partial charge in [0, 0.05) is 12.0 Å². The van der Waals surface area contributed by atoms with Gasteiger partial charge in [-0.2, -0.15) is 0 Å². The predicted molar refractivity (Wildman–Crippen MR) is 104 cm³/mol. The van der Waals surface area contributed by atoms with Gasteiger partial charge in [-0.15, -0.1) is 15.0 Å². The van der Waals surface area contributed by atoms with Gasteiger partial charge in [-0.3, -0.25) is 4.79 Å². The lowest BCUT2D eigenvalue weighted by molar-refractivity contribution is -0.143. The molecule has 0 radical (unpaired) electrons. The number of carbonyl (C=O) groups is 1. The fourth-order valence-corrected chi connectivity index (χ4v) is 2.99. The first-order valence-electron chi connectivity index (χ1n) is 9.14. The number of hydrogen-bond donors (Lipinski definition) is 1. The molecule has 6 nitrogen and oxygen atoms in total. The van der Waals surface area contributed by atoms with Gasteiger partial charge in [0.05, 0.1) is 6.61 Å². The predicted octanol–water partition coefficient (Wildman–Crippen LogP) is 3.92. The van der Waals surface area contributed by atoms with Gasteiger partial charge in [-0.1, -0.05) is 39.0 Å². The van der Waals surface area contributed by atoms with Crippen LogP contribution in [0.2, 0.25) is 0 Å². The van der Waals surface area contributed by atoms with Crippen LogP contribution in [0.1, 0.15) is 45.2 Å². The van der Waals surface area contributed by atoms with Crippen molar-refractivity contribution in [1.29, 1.82) is 0 Å². The third kappa shape index (κ3) is 4.10. The lowest BCUT2D eigenvalue weighted by atomic mass is 9.84. The molecule has 0 unspecified atom stereocenters. The Bertz CT molecular complexity index is 937. The van der Waals surface area contributed by atoms with Crippen molar-refractivity contribution in [1.82, 2.24) is 15.0 Å². The van der Waals surface area contributed by atoms with Crippen LogP contribution in [0.25, 0.3) is 16.7 Å². The number of aromatic hydroxyl groups is 1. The van der Waals surface area contributed by atoms with Crippen LogP contribution in [0.15, 0.2) is 36.4 Å². The summed E-state index contributed by atoms with van der Waals surface area (Å²) in [6.45, 7) is 8.27. The van der Waals surface area contributed by atoms with Gasteiger partial charge in [0.1, 0.15) is 22.5 Å². The number of aromatic nitrogens is 3. The summed E-state index contributed by atoms with van der Waals surface area (Å²) in [7, 11) is 0. The Morgan fingerprint density at radius 3 is 2.33 bits per heavy atom. The summed E-state index contributed by atoms with van der Waals surface area (Å²) >= 11 is 0. The van der Waals surface area contributed by atoms with Gasteiger partial charge in [-0.25, -0.2) is 0 Å². The second kappa shape index (κ2) is 7.39. The highest BCUT2D eigenvalue weighted by atomic mass is 16.5. The Labute approximate surface area is 158 Å². The highest BCUT2D eigenvalue weighted by Gasteiger charge is 2.23. The molecule has 0 bridgehead atoms. The van der Waals surface area contributed by atoms with Gasteiger partial charge >= 0.3 is 5.97 Å². The van der Waals surface area contributed by atoms with E-state index in [-0.39, 0.29) is 23.6 Å². The van der Waals surface area contributed by atoms with Crippen molar-refractivity contribution in [3.05, 3.63) is 47.5 Å². The topological polar surface area (TPSA) is 77.2 Å². The van der Waals surface area contributed by atoms with Crippen molar-refractivity contribution in [3.63, 3.8) is 0 Å². The van der Waals surface area contributed by atoms with Crippen LogP contribution in [-0.4, -0.2) is 32.7 Å². The molecule has 1 aromatic heterocycles. The van der Waals surface area contributed by atoms with E-state index in [1.807, 2.05) is 57.2 Å². The molecule has 1 N–H and O–H groups in total. The minimum atomic E-state index is -0.272. The highest BCUT2D eigenvalue weighted by Crippen LogP contribution is 2.36. The molecule has 3 rings (SSSR count). The van der Waals surface area contributed by atoms with Crippen LogP contribution < -0.4 is 0 Å². The highest BCUT2D eigenvalue weighted by molar-refractivity contribution is 5.74. The monoisotopic (exact) mass is 367 g/mol. The molecule has 142 valence electrons. The van der Waals surface area contributed by atoms with Crippen LogP contribution >= 0.6 is 0 Å². The normalized spacial score (nSPS) is 11.7. The van der Waals surface area contributed by atoms with Crippen LogP contribution in [0, 0.1) is 0 Å². The second-order valence-corrected chi connectivity index (χ2v) is 7.54. The standard InChI is InChI=1S/C21H25N3O3/c1-5-27-19(25)11-10-14-12-15(21(2,3)4)20(26)18(13-14)24-22-16-8-6-7-9-17(16)23-24/h6-9,12-13,26H,5,10-11H2,1-4H3. The number of fused-ring (bicyclic) bond motifs is 1. The van der Waals surface area contributed by atoms with Gasteiger partial charge in [0.15, 0.2) is 0 Å². The Morgan fingerprint density at radius 2 is 1.78 bits per heavy atom. The lowest BCUT2D eigenvalue weighted by Gasteiger charge is -2.23. The number of phenols is 1. The van der Waals surface area contributed by atoms with Gasteiger partial charge < -0.3 is 9.84 Å². The molecular weight excluding hydrogens is 342 g/mol. The number of hydrogen-bond acceptors (Lipinski definition) is 5. The van der Waals surface area contributed by atoms with Crippen molar-refractivity contribution >= 4 is 17.0 Å². The summed E-state index contributed by atoms with van der Waals surface area (Å²) in [6.07, 6.45) is 0.812. The molecule has 2 aromatic carbocycles. The Kier molecular flexibility index (Phi) is 5.17. The van der Waals surface area contributed by atoms with Gasteiger partial charge in [-0.05, 0) is 42.5 Å². The summed E-state index contributed by atoms with van der Waals surface area (Å²) in [4.78, 5) is 13.2. The first-order chi connectivity index (χ1) is 12.8. The molecule has 27 heavy (non-hydrogen) atoms. The molecule has 0 aliphatic heterocycles. The number of ether oxygens (including phenoxy) is 1. The second-order valence-electron chi connectivity index (χ2n) is 7.54. The fraction of sp³-hybridized carbons (Fsp3) is 0.381. The molecule has 0 amide bonds. The summed E-state index contributed by atoms with van der Waals surface area (Å²) in [5.41, 5.74) is 3.47. The molecule has 6 heteroatoms. The third-order valence-corrected chi connectivity index (χ3v) is 4.38. The first-order valence-corrected chi connectivity index (χ1v) is 9.14. The molecule has 3 aromatic rings. The molecule has 0 saturated heterocycles. The van der Waals surface area contributed by atoms with Crippen molar-refractivity contribution in [2.75, 3.05) is 6.61 Å². The van der Waals surface area contributed by atoms with E-state index in [0.29, 0.717) is 18.7 Å². The van der Waals surface area contributed by atoms with E-state index in [2.05, 4.69) is 10.2 Å². The fourth-order valence-electron chi connectivity index (χ4n) is 2.99. The number of benzene rings is 2. The maximum absolute atomic E-state index is 11.7. The minimum Gasteiger partial charge on any atom is -0.505 e. The van der Waals surface area contributed by atoms with Crippen molar-refractivity contribution < 1.29 is 14.6 Å². The van der Waals surface area contributed by atoms with Crippen LogP contribution in [0.5, 0.6) is 5.75 Å². The van der Waals surface area contributed by atoms with Crippen molar-refractivity contribution in [2.24, 2.45) is 0 Å². The minimum absolute atomic E-state index is 0.155. The molecule has 0 saturated carbocycles. The smallest absolute Gasteiger partial charge is 0.306 e. The quantitative estimate of drug-likeness (QED) is 0.692. The number of carbonyl (C=O) groups excluding carboxylic acids is 1. The Hall–Kier alpha value is -2.89. The summed E-state index contributed by atoms with van der Waals surface area (Å²) in [5.74, 6) is -0.0740. The van der Waals surface area contributed by atoms with E-state index in [0.717, 1.165) is 22.2 Å². The van der Waals surface area contributed by atoms with Gasteiger partial charge in [0.25, 0.3) is 0 Å². The van der Waals surface area contributed by atoms with E-state index < -0.39 is 0 Å². The molecule has 1 heterocycles. The molecule has 0 aliphatic carbocycles. The Balaban J connectivity index is 2.06.